The molecule has 3 heteroatoms. The van der Waals surface area contributed by atoms with Crippen LogP contribution in [0.2, 0.25) is 5.02 Å². The van der Waals surface area contributed by atoms with E-state index in [9.17, 15) is 0 Å². The summed E-state index contributed by atoms with van der Waals surface area (Å²) in [6, 6.07) is 8.77. The number of rotatable bonds is 4. The molecular weight excluding hydrogens is 280 g/mol. The van der Waals surface area contributed by atoms with Crippen LogP contribution in [0.5, 0.6) is 0 Å². The van der Waals surface area contributed by atoms with E-state index < -0.39 is 0 Å². The average Bonchev–Trinajstić information content (AvgIpc) is 2.45. The van der Waals surface area contributed by atoms with Crippen molar-refractivity contribution in [3.8, 4) is 0 Å². The Morgan fingerprint density at radius 1 is 1.24 bits per heavy atom. The molecule has 1 aromatic carbocycles. The number of likely N-dealkylation sites (tertiary alicyclic amines) is 1. The Kier molecular flexibility index (Phi) is 5.34. The van der Waals surface area contributed by atoms with Gasteiger partial charge in [-0.2, -0.15) is 0 Å². The van der Waals surface area contributed by atoms with Gasteiger partial charge in [-0.1, -0.05) is 37.6 Å². The summed E-state index contributed by atoms with van der Waals surface area (Å²) in [5.41, 5.74) is 7.52. The van der Waals surface area contributed by atoms with E-state index in [1.807, 2.05) is 12.1 Å². The molecule has 0 spiro atoms. The molecule has 118 valence electrons. The van der Waals surface area contributed by atoms with Crippen LogP contribution in [-0.2, 0) is 6.42 Å². The normalized spacial score (nSPS) is 30.1. The summed E-state index contributed by atoms with van der Waals surface area (Å²) in [5.74, 6) is 1.47. The molecule has 0 aromatic heterocycles. The highest BCUT2D eigenvalue weighted by atomic mass is 35.5. The number of benzene rings is 1. The topological polar surface area (TPSA) is 29.3 Å². The minimum Gasteiger partial charge on any atom is -0.329 e. The molecule has 0 amide bonds. The Morgan fingerprint density at radius 3 is 2.43 bits per heavy atom. The fourth-order valence-electron chi connectivity index (χ4n) is 3.76. The molecule has 1 aromatic rings. The van der Waals surface area contributed by atoms with E-state index in [1.54, 1.807) is 0 Å². The SMILES string of the molecule is CC1CC(C)C(C)N(C(C)(CN)Cc2ccc(Cl)cc2)C1. The monoisotopic (exact) mass is 308 g/mol. The third kappa shape index (κ3) is 3.80. The van der Waals surface area contributed by atoms with E-state index in [0.717, 1.165) is 29.8 Å². The van der Waals surface area contributed by atoms with Crippen molar-refractivity contribution >= 4 is 11.6 Å². The Morgan fingerprint density at radius 2 is 1.86 bits per heavy atom. The fraction of sp³-hybridized carbons (Fsp3) is 0.667. The van der Waals surface area contributed by atoms with Gasteiger partial charge in [0.25, 0.3) is 0 Å². The van der Waals surface area contributed by atoms with Crippen molar-refractivity contribution in [2.24, 2.45) is 17.6 Å². The maximum absolute atomic E-state index is 6.20. The van der Waals surface area contributed by atoms with Crippen LogP contribution in [-0.4, -0.2) is 29.6 Å². The Balaban J connectivity index is 2.20. The van der Waals surface area contributed by atoms with Gasteiger partial charge in [-0.15, -0.1) is 0 Å². The molecule has 0 radical (unpaired) electrons. The summed E-state index contributed by atoms with van der Waals surface area (Å²) >= 11 is 5.99. The molecule has 4 unspecified atom stereocenters. The largest absolute Gasteiger partial charge is 0.329 e. The molecule has 1 aliphatic rings. The third-order valence-corrected chi connectivity index (χ3v) is 5.48. The molecule has 0 bridgehead atoms. The van der Waals surface area contributed by atoms with Crippen molar-refractivity contribution in [3.63, 3.8) is 0 Å². The zero-order valence-electron chi connectivity index (χ0n) is 13.8. The summed E-state index contributed by atoms with van der Waals surface area (Å²) in [6.07, 6.45) is 2.30. The predicted molar refractivity (Wildman–Crippen MR) is 91.7 cm³/mol. The number of hydrogen-bond donors (Lipinski definition) is 1. The molecule has 1 fully saturated rings. The molecule has 0 saturated carbocycles. The molecule has 2 nitrogen and oxygen atoms in total. The van der Waals surface area contributed by atoms with Crippen LogP contribution in [0.1, 0.15) is 39.7 Å². The number of nitrogens with zero attached hydrogens (tertiary/aromatic N) is 1. The molecule has 21 heavy (non-hydrogen) atoms. The van der Waals surface area contributed by atoms with E-state index in [-0.39, 0.29) is 5.54 Å². The lowest BCUT2D eigenvalue weighted by Gasteiger charge is -2.51. The van der Waals surface area contributed by atoms with Crippen molar-refractivity contribution in [1.82, 2.24) is 4.90 Å². The molecule has 0 aliphatic carbocycles. The Labute approximate surface area is 134 Å². The first-order valence-electron chi connectivity index (χ1n) is 8.07. The van der Waals surface area contributed by atoms with E-state index in [4.69, 9.17) is 17.3 Å². The van der Waals surface area contributed by atoms with Crippen LogP contribution < -0.4 is 5.73 Å². The van der Waals surface area contributed by atoms with E-state index >= 15 is 0 Å². The number of nitrogens with two attached hydrogens (primary N) is 1. The van der Waals surface area contributed by atoms with Gasteiger partial charge in [0.15, 0.2) is 0 Å². The zero-order valence-corrected chi connectivity index (χ0v) is 14.5. The lowest BCUT2D eigenvalue weighted by molar-refractivity contribution is -0.00688. The van der Waals surface area contributed by atoms with Crippen molar-refractivity contribution in [3.05, 3.63) is 34.9 Å². The van der Waals surface area contributed by atoms with Gasteiger partial charge in [-0.3, -0.25) is 4.90 Å². The van der Waals surface area contributed by atoms with E-state index in [1.165, 1.54) is 12.0 Å². The fourth-order valence-corrected chi connectivity index (χ4v) is 3.89. The molecule has 1 saturated heterocycles. The third-order valence-electron chi connectivity index (χ3n) is 5.23. The van der Waals surface area contributed by atoms with Gasteiger partial charge in [0, 0.05) is 29.7 Å². The second-order valence-corrected chi connectivity index (χ2v) is 7.65. The minimum atomic E-state index is 0.0101. The first-order valence-corrected chi connectivity index (χ1v) is 8.45. The maximum Gasteiger partial charge on any atom is 0.0406 e. The molecular formula is C18H29ClN2. The first-order chi connectivity index (χ1) is 9.85. The van der Waals surface area contributed by atoms with Gasteiger partial charge < -0.3 is 5.73 Å². The smallest absolute Gasteiger partial charge is 0.0406 e. The van der Waals surface area contributed by atoms with Crippen LogP contribution in [0.25, 0.3) is 0 Å². The standard InChI is InChI=1S/C18H29ClN2/c1-13-9-14(2)15(3)21(11-13)18(4,12-20)10-16-5-7-17(19)8-6-16/h5-8,13-15H,9-12,20H2,1-4H3. The van der Waals surface area contributed by atoms with Gasteiger partial charge in [0.1, 0.15) is 0 Å². The molecule has 4 atom stereocenters. The van der Waals surface area contributed by atoms with Crippen molar-refractivity contribution < 1.29 is 0 Å². The second-order valence-electron chi connectivity index (χ2n) is 7.22. The maximum atomic E-state index is 6.20. The lowest BCUT2D eigenvalue weighted by Crippen LogP contribution is -2.61. The summed E-state index contributed by atoms with van der Waals surface area (Å²) in [6.45, 7) is 11.2. The highest BCUT2D eigenvalue weighted by molar-refractivity contribution is 6.30. The van der Waals surface area contributed by atoms with Crippen LogP contribution in [0.4, 0.5) is 0 Å². The van der Waals surface area contributed by atoms with Crippen molar-refractivity contribution in [1.29, 1.82) is 0 Å². The molecule has 1 aliphatic heterocycles. The number of hydrogen-bond acceptors (Lipinski definition) is 2. The molecule has 1 heterocycles. The van der Waals surface area contributed by atoms with E-state index in [2.05, 4.69) is 44.7 Å². The lowest BCUT2D eigenvalue weighted by atomic mass is 9.80. The minimum absolute atomic E-state index is 0.0101. The quantitative estimate of drug-likeness (QED) is 0.912. The second kappa shape index (κ2) is 6.68. The predicted octanol–water partition coefficient (Wildman–Crippen LogP) is 3.97. The summed E-state index contributed by atoms with van der Waals surface area (Å²) in [7, 11) is 0. The van der Waals surface area contributed by atoms with Crippen molar-refractivity contribution in [2.45, 2.75) is 52.1 Å². The van der Waals surface area contributed by atoms with Gasteiger partial charge in [-0.25, -0.2) is 0 Å². The van der Waals surface area contributed by atoms with Crippen LogP contribution in [0.3, 0.4) is 0 Å². The Bertz CT molecular complexity index is 459. The summed E-state index contributed by atoms with van der Waals surface area (Å²) in [4.78, 5) is 2.64. The highest BCUT2D eigenvalue weighted by Gasteiger charge is 2.39. The van der Waals surface area contributed by atoms with Crippen LogP contribution >= 0.6 is 11.6 Å². The van der Waals surface area contributed by atoms with Gasteiger partial charge in [0.2, 0.25) is 0 Å². The highest BCUT2D eigenvalue weighted by Crippen LogP contribution is 2.33. The van der Waals surface area contributed by atoms with Crippen molar-refractivity contribution in [2.75, 3.05) is 13.1 Å². The average molecular weight is 309 g/mol. The van der Waals surface area contributed by atoms with E-state index in [0.29, 0.717) is 12.6 Å². The summed E-state index contributed by atoms with van der Waals surface area (Å²) in [5, 5.41) is 0.793. The first kappa shape index (κ1) is 16.8. The number of halogens is 1. The van der Waals surface area contributed by atoms with Gasteiger partial charge in [-0.05, 0) is 56.2 Å². The van der Waals surface area contributed by atoms with Crippen LogP contribution in [0, 0.1) is 11.8 Å². The molecule has 2 rings (SSSR count). The zero-order chi connectivity index (χ0) is 15.6. The number of piperidine rings is 1. The van der Waals surface area contributed by atoms with Gasteiger partial charge >= 0.3 is 0 Å². The van der Waals surface area contributed by atoms with Crippen LogP contribution in [0.15, 0.2) is 24.3 Å². The summed E-state index contributed by atoms with van der Waals surface area (Å²) < 4.78 is 0. The molecule has 2 N–H and O–H groups in total. The van der Waals surface area contributed by atoms with Gasteiger partial charge in [0.05, 0.1) is 0 Å². The Hall–Kier alpha value is -0.570.